The highest BCUT2D eigenvalue weighted by atomic mass is 127. The Morgan fingerprint density at radius 2 is 2.07 bits per heavy atom. The topological polar surface area (TPSA) is 53.0 Å². The summed E-state index contributed by atoms with van der Waals surface area (Å²) in [7, 11) is 1.71. The summed E-state index contributed by atoms with van der Waals surface area (Å²) in [5.74, 6) is 1.89. The van der Waals surface area contributed by atoms with Crippen molar-refractivity contribution in [2.45, 2.75) is 20.4 Å². The van der Waals surface area contributed by atoms with Gasteiger partial charge in [0.2, 0.25) is 0 Å². The Labute approximate surface area is 182 Å². The van der Waals surface area contributed by atoms with Crippen molar-refractivity contribution < 1.29 is 4.74 Å². The number of halogens is 1. The number of methoxy groups -OCH3 is 1. The molecule has 0 atom stereocenters. The first-order valence-corrected chi connectivity index (χ1v) is 9.90. The van der Waals surface area contributed by atoms with Crippen LogP contribution in [0.15, 0.2) is 34.8 Å². The number of rotatable bonds is 5. The van der Waals surface area contributed by atoms with E-state index in [2.05, 4.69) is 39.2 Å². The van der Waals surface area contributed by atoms with E-state index < -0.39 is 0 Å². The van der Waals surface area contributed by atoms with Gasteiger partial charge in [-0.1, -0.05) is 6.07 Å². The first-order chi connectivity index (χ1) is 12.7. The van der Waals surface area contributed by atoms with Crippen LogP contribution in [0, 0.1) is 6.92 Å². The molecule has 0 unspecified atom stereocenters. The lowest BCUT2D eigenvalue weighted by molar-refractivity contribution is 0.372. The number of hydrogen-bond acceptors (Lipinski definition) is 5. The lowest BCUT2D eigenvalue weighted by Crippen LogP contribution is -2.52. The van der Waals surface area contributed by atoms with Crippen LogP contribution < -0.4 is 15.0 Å². The maximum absolute atomic E-state index is 5.34. The summed E-state index contributed by atoms with van der Waals surface area (Å²) in [5.41, 5.74) is 4.18. The number of ether oxygens (including phenoxy) is 1. The van der Waals surface area contributed by atoms with Crippen molar-refractivity contribution in [3.8, 4) is 5.75 Å². The molecule has 2 aromatic rings. The van der Waals surface area contributed by atoms with Gasteiger partial charge in [-0.15, -0.1) is 35.3 Å². The van der Waals surface area contributed by atoms with Gasteiger partial charge in [0.15, 0.2) is 5.96 Å². The summed E-state index contributed by atoms with van der Waals surface area (Å²) >= 11 is 1.67. The maximum Gasteiger partial charge on any atom is 0.194 e. The van der Waals surface area contributed by atoms with Crippen LogP contribution in [0.2, 0.25) is 0 Å². The van der Waals surface area contributed by atoms with Crippen molar-refractivity contribution in [1.29, 1.82) is 0 Å². The van der Waals surface area contributed by atoms with Crippen molar-refractivity contribution in [2.75, 3.05) is 44.7 Å². The standard InChI is InChI=1S/C19H27N5OS.HI/c1-4-20-19(21-13-18-15(2)22-14-26-18)24-10-8-23(9-11-24)16-6-5-7-17(12-16)25-3;/h5-7,12,14H,4,8-11,13H2,1-3H3,(H,20,21);1H. The molecule has 1 fully saturated rings. The van der Waals surface area contributed by atoms with Crippen LogP contribution in [-0.4, -0.2) is 55.7 Å². The fourth-order valence-corrected chi connectivity index (χ4v) is 3.73. The molecule has 6 nitrogen and oxygen atoms in total. The molecule has 0 radical (unpaired) electrons. The van der Waals surface area contributed by atoms with Gasteiger partial charge in [0.25, 0.3) is 0 Å². The Bertz CT molecular complexity index is 743. The Hall–Kier alpha value is -1.55. The molecule has 1 saturated heterocycles. The number of aromatic nitrogens is 1. The Kier molecular flexibility index (Phi) is 8.62. The van der Waals surface area contributed by atoms with Crippen LogP contribution in [-0.2, 0) is 6.54 Å². The molecule has 0 aliphatic carbocycles. The molecule has 8 heteroatoms. The van der Waals surface area contributed by atoms with Gasteiger partial charge in [-0.2, -0.15) is 0 Å². The number of nitrogens with zero attached hydrogens (tertiary/aromatic N) is 4. The van der Waals surface area contributed by atoms with Crippen LogP contribution in [0.5, 0.6) is 5.75 Å². The number of guanidine groups is 1. The minimum Gasteiger partial charge on any atom is -0.497 e. The van der Waals surface area contributed by atoms with Gasteiger partial charge in [0, 0.05) is 49.4 Å². The molecule has 1 aliphatic rings. The van der Waals surface area contributed by atoms with Crippen LogP contribution in [0.3, 0.4) is 0 Å². The molecule has 0 bridgehead atoms. The molecule has 148 valence electrons. The third kappa shape index (κ3) is 5.71. The first kappa shape index (κ1) is 21.7. The lowest BCUT2D eigenvalue weighted by atomic mass is 10.2. The van der Waals surface area contributed by atoms with Crippen molar-refractivity contribution in [3.63, 3.8) is 0 Å². The molecule has 0 saturated carbocycles. The number of nitrogens with one attached hydrogen (secondary N) is 1. The van der Waals surface area contributed by atoms with Crippen molar-refractivity contribution in [3.05, 3.63) is 40.3 Å². The predicted molar refractivity (Wildman–Crippen MR) is 124 cm³/mol. The number of benzene rings is 1. The zero-order valence-electron chi connectivity index (χ0n) is 16.1. The van der Waals surface area contributed by atoms with E-state index in [1.807, 2.05) is 24.6 Å². The van der Waals surface area contributed by atoms with Gasteiger partial charge < -0.3 is 19.9 Å². The zero-order chi connectivity index (χ0) is 18.4. The molecule has 0 spiro atoms. The molecule has 1 aromatic heterocycles. The van der Waals surface area contributed by atoms with Crippen LogP contribution in [0.4, 0.5) is 5.69 Å². The number of aliphatic imine (C=N–C) groups is 1. The number of hydrogen-bond donors (Lipinski definition) is 1. The van der Waals surface area contributed by atoms with Crippen molar-refractivity contribution in [2.24, 2.45) is 4.99 Å². The third-order valence-electron chi connectivity index (χ3n) is 4.55. The number of piperazine rings is 1. The molecule has 1 aliphatic heterocycles. The van der Waals surface area contributed by atoms with Crippen LogP contribution >= 0.6 is 35.3 Å². The smallest absolute Gasteiger partial charge is 0.194 e. The van der Waals surface area contributed by atoms with E-state index in [9.17, 15) is 0 Å². The summed E-state index contributed by atoms with van der Waals surface area (Å²) < 4.78 is 5.34. The maximum atomic E-state index is 5.34. The first-order valence-electron chi connectivity index (χ1n) is 9.02. The molecule has 0 amide bonds. The minimum absolute atomic E-state index is 0. The third-order valence-corrected chi connectivity index (χ3v) is 5.47. The number of thiazole rings is 1. The van der Waals surface area contributed by atoms with Crippen LogP contribution in [0.25, 0.3) is 0 Å². The van der Waals surface area contributed by atoms with E-state index in [1.54, 1.807) is 18.4 Å². The Morgan fingerprint density at radius 3 is 2.70 bits per heavy atom. The van der Waals surface area contributed by atoms with Crippen molar-refractivity contribution >= 4 is 47.0 Å². The molecule has 27 heavy (non-hydrogen) atoms. The average molecular weight is 501 g/mol. The monoisotopic (exact) mass is 501 g/mol. The Balaban J connectivity index is 0.00000261. The van der Waals surface area contributed by atoms with E-state index in [0.717, 1.165) is 50.1 Å². The molecule has 3 rings (SSSR count). The summed E-state index contributed by atoms with van der Waals surface area (Å²) in [5, 5.41) is 3.43. The van der Waals surface area contributed by atoms with Gasteiger partial charge in [-0.25, -0.2) is 9.98 Å². The molecular weight excluding hydrogens is 473 g/mol. The lowest BCUT2D eigenvalue weighted by Gasteiger charge is -2.37. The van der Waals surface area contributed by atoms with Crippen molar-refractivity contribution in [1.82, 2.24) is 15.2 Å². The van der Waals surface area contributed by atoms with E-state index >= 15 is 0 Å². The minimum atomic E-state index is 0. The SMILES string of the molecule is CCNC(=NCc1scnc1C)N1CCN(c2cccc(OC)c2)CC1.I. The highest BCUT2D eigenvalue weighted by Gasteiger charge is 2.20. The summed E-state index contributed by atoms with van der Waals surface area (Å²) in [4.78, 5) is 15.1. The zero-order valence-corrected chi connectivity index (χ0v) is 19.3. The normalized spacial score (nSPS) is 14.7. The summed E-state index contributed by atoms with van der Waals surface area (Å²) in [6, 6.07) is 8.27. The van der Waals surface area contributed by atoms with E-state index in [4.69, 9.17) is 9.73 Å². The van der Waals surface area contributed by atoms with Gasteiger partial charge >= 0.3 is 0 Å². The Morgan fingerprint density at radius 1 is 1.30 bits per heavy atom. The molecule has 2 heterocycles. The summed E-state index contributed by atoms with van der Waals surface area (Å²) in [6.07, 6.45) is 0. The highest BCUT2D eigenvalue weighted by Crippen LogP contribution is 2.22. The van der Waals surface area contributed by atoms with Gasteiger partial charge in [0.05, 0.1) is 24.9 Å². The average Bonchev–Trinajstić information content (AvgIpc) is 3.10. The molecule has 1 aromatic carbocycles. The molecular formula is C19H28IN5OS. The van der Waals surface area contributed by atoms with Crippen LogP contribution in [0.1, 0.15) is 17.5 Å². The number of anilines is 1. The number of aryl methyl sites for hydroxylation is 1. The second-order valence-electron chi connectivity index (χ2n) is 6.21. The van der Waals surface area contributed by atoms with Gasteiger partial charge in [0.1, 0.15) is 5.75 Å². The highest BCUT2D eigenvalue weighted by molar-refractivity contribution is 14.0. The quantitative estimate of drug-likeness (QED) is 0.387. The second-order valence-corrected chi connectivity index (χ2v) is 7.15. The predicted octanol–water partition coefficient (Wildman–Crippen LogP) is 3.37. The van der Waals surface area contributed by atoms with Gasteiger partial charge in [-0.05, 0) is 26.0 Å². The van der Waals surface area contributed by atoms with Gasteiger partial charge in [-0.3, -0.25) is 0 Å². The fraction of sp³-hybridized carbons (Fsp3) is 0.474. The summed E-state index contributed by atoms with van der Waals surface area (Å²) in [6.45, 7) is 9.55. The molecule has 1 N–H and O–H groups in total. The second kappa shape index (κ2) is 10.7. The largest absolute Gasteiger partial charge is 0.497 e. The van der Waals surface area contributed by atoms with E-state index in [0.29, 0.717) is 6.54 Å². The van der Waals surface area contributed by atoms with E-state index in [-0.39, 0.29) is 24.0 Å². The van der Waals surface area contributed by atoms with E-state index in [1.165, 1.54) is 10.6 Å². The fourth-order valence-electron chi connectivity index (χ4n) is 3.03.